The minimum absolute atomic E-state index is 0.0532. The summed E-state index contributed by atoms with van der Waals surface area (Å²) >= 11 is 3.26. The van der Waals surface area contributed by atoms with E-state index in [1.54, 1.807) is 98.2 Å². The number of carbonyl (C=O) groups is 5. The lowest BCUT2D eigenvalue weighted by molar-refractivity contribution is -0.277. The third-order valence-electron chi connectivity index (χ3n) is 21.0. The number of ether oxygens (including phenoxy) is 11. The molecule has 3 aromatic heterocycles. The second-order valence-electron chi connectivity index (χ2n) is 29.9. The lowest BCUT2D eigenvalue weighted by atomic mass is 9.99. The Bertz CT molecular complexity index is 5440. The number of hydrogen-bond acceptors (Lipinski definition) is 32. The Hall–Kier alpha value is -10.8. The molecule has 2 amide bonds. The summed E-state index contributed by atoms with van der Waals surface area (Å²) in [4.78, 5) is 83.4. The van der Waals surface area contributed by atoms with E-state index < -0.39 is 86.4 Å². The first-order valence-corrected chi connectivity index (χ1v) is 45.0. The summed E-state index contributed by atoms with van der Waals surface area (Å²) in [6.07, 6.45) is -1.62. The van der Waals surface area contributed by atoms with Crippen LogP contribution in [0.25, 0.3) is 0 Å². The molecule has 2 unspecified atom stereocenters. The van der Waals surface area contributed by atoms with Gasteiger partial charge in [-0.05, 0) is 119 Å². The van der Waals surface area contributed by atoms with E-state index in [1.165, 1.54) is 72.5 Å². The number of aliphatic hydroxyl groups excluding tert-OH is 4. The van der Waals surface area contributed by atoms with Gasteiger partial charge < -0.3 is 90.7 Å². The molecular formula is C87H93N7O26S4. The smallest absolute Gasteiger partial charge is 0.493 e. The van der Waals surface area contributed by atoms with Crippen molar-refractivity contribution in [3.05, 3.63) is 215 Å². The molecule has 0 bridgehead atoms. The molecule has 4 N–H and O–H groups in total. The first-order chi connectivity index (χ1) is 59.9. The zero-order valence-electron chi connectivity index (χ0n) is 68.0. The first-order valence-electron chi connectivity index (χ1n) is 40.1. The number of ketones is 3. The van der Waals surface area contributed by atoms with Crippen LogP contribution in [0.15, 0.2) is 148 Å². The quantitative estimate of drug-likeness (QED) is 0.0204. The van der Waals surface area contributed by atoms with Crippen LogP contribution >= 0.6 is 22.7 Å². The third-order valence-corrected chi connectivity index (χ3v) is 25.2. The average Bonchev–Trinajstić information content (AvgIpc) is 1.59. The monoisotopic (exact) mass is 1780 g/mol. The number of carbonyl (C=O) groups excluding carboxylic acids is 5. The molecule has 0 aliphatic carbocycles. The van der Waals surface area contributed by atoms with Crippen LogP contribution < -0.4 is 32.1 Å². The number of nitrogens with zero attached hydrogens (tertiary/aromatic N) is 7. The van der Waals surface area contributed by atoms with Gasteiger partial charge in [-0.15, -0.1) is 36.2 Å². The largest absolute Gasteiger partial charge is 0.501 e. The lowest BCUT2D eigenvalue weighted by Crippen LogP contribution is -2.60. The summed E-state index contributed by atoms with van der Waals surface area (Å²) in [7, 11) is -6.14. The number of fused-ring (bicyclic) bond motifs is 6. The highest BCUT2D eigenvalue weighted by molar-refractivity contribution is 7.91. The van der Waals surface area contributed by atoms with Crippen LogP contribution in [0.2, 0.25) is 0 Å². The highest BCUT2D eigenvalue weighted by Gasteiger charge is 2.46. The van der Waals surface area contributed by atoms with Gasteiger partial charge in [-0.1, -0.05) is 59.3 Å². The molecule has 0 saturated carbocycles. The zero-order chi connectivity index (χ0) is 87.0. The predicted molar refractivity (Wildman–Crippen MR) is 451 cm³/mol. The molecule has 124 heavy (non-hydrogen) atoms. The molecule has 8 heterocycles. The molecule has 33 nitrogen and oxygen atoms in total. The summed E-state index contributed by atoms with van der Waals surface area (Å²) in [6, 6.07) is 30.8. The first kappa shape index (κ1) is 89.5. The number of aromatic nitrogens is 3. The van der Waals surface area contributed by atoms with Gasteiger partial charge in [0, 0.05) is 103 Å². The predicted octanol–water partition coefficient (Wildman–Crippen LogP) is 9.04. The van der Waals surface area contributed by atoms with Gasteiger partial charge in [0.25, 0.3) is 11.8 Å². The number of aliphatic hydroxyl groups is 4. The van der Waals surface area contributed by atoms with Crippen LogP contribution in [-0.2, 0) is 107 Å². The number of aliphatic imine (C=N–C) groups is 2. The second kappa shape index (κ2) is 41.4. The molecule has 1 saturated heterocycles. The van der Waals surface area contributed by atoms with Crippen LogP contribution in [0.1, 0.15) is 126 Å². The van der Waals surface area contributed by atoms with Crippen LogP contribution in [-0.4, -0.2) is 232 Å². The van der Waals surface area contributed by atoms with E-state index in [2.05, 4.69) is 10.3 Å². The molecule has 656 valence electrons. The maximum absolute atomic E-state index is 14.5. The van der Waals surface area contributed by atoms with Gasteiger partial charge in [0.1, 0.15) is 54.8 Å². The van der Waals surface area contributed by atoms with Gasteiger partial charge in [-0.3, -0.25) is 34.0 Å². The van der Waals surface area contributed by atoms with E-state index in [9.17, 15) is 61.2 Å². The number of Topliss-reactive ketones (excluding diaryl/α,β-unsaturated/α-hetero) is 3. The SMILES string of the molecule is COc1cc2c(cc1OCc1cc(COc3cc4c(cc3OC)C(=O)N3Cc5ccsc5C[C@H]3C=N4)cc(OS(=O)(=O)Oc3cc(C(=O)CCCOCCOCCOCCn4cc(COCCOCCCC(=O)c5ccc(C(=O)CS(=O)(=O)Cc6ccc(C)cc6)cc5)nn4)ccc3OC3O[C@H](CO)[C@H](O)[C@H](O)[C@H]3O)c1)N=CC1Cc3sccc3CN1C2=O. The molecule has 7 atom stereocenters. The fraction of sp³-hybridized carbons (Fsp3) is 0.391. The Morgan fingerprint density at radius 3 is 1.64 bits per heavy atom. The molecule has 0 radical (unpaired) electrons. The maximum atomic E-state index is 14.5. The van der Waals surface area contributed by atoms with E-state index in [0.717, 1.165) is 22.8 Å². The van der Waals surface area contributed by atoms with Crippen molar-refractivity contribution in [2.24, 2.45) is 9.98 Å². The Labute approximate surface area is 722 Å². The van der Waals surface area contributed by atoms with Gasteiger partial charge in [0.05, 0.1) is 127 Å². The fourth-order valence-corrected chi connectivity index (χ4v) is 18.4. The van der Waals surface area contributed by atoms with E-state index in [4.69, 9.17) is 70.5 Å². The van der Waals surface area contributed by atoms with Crippen molar-refractivity contribution >= 4 is 95.9 Å². The zero-order valence-corrected chi connectivity index (χ0v) is 71.2. The van der Waals surface area contributed by atoms with Crippen molar-refractivity contribution in [1.29, 1.82) is 0 Å². The summed E-state index contributed by atoms with van der Waals surface area (Å²) < 4.78 is 132. The normalized spacial score (nSPS) is 18.4. The highest BCUT2D eigenvalue weighted by Crippen LogP contribution is 2.43. The summed E-state index contributed by atoms with van der Waals surface area (Å²) in [6.45, 7) is 4.26. The van der Waals surface area contributed by atoms with Gasteiger partial charge in [0.15, 0.2) is 61.7 Å². The summed E-state index contributed by atoms with van der Waals surface area (Å²) in [5.41, 5.74) is 6.83. The molecule has 6 aromatic carbocycles. The van der Waals surface area contributed by atoms with Crippen LogP contribution in [0.5, 0.6) is 40.2 Å². The Balaban J connectivity index is 0.549. The third kappa shape index (κ3) is 22.9. The number of aryl methyl sites for hydroxylation is 1. The lowest BCUT2D eigenvalue weighted by Gasteiger charge is -2.39. The molecule has 5 aliphatic heterocycles. The highest BCUT2D eigenvalue weighted by atomic mass is 32.3. The average molecular weight is 1780 g/mol. The molecule has 9 aromatic rings. The van der Waals surface area contributed by atoms with Crippen LogP contribution in [0.4, 0.5) is 11.4 Å². The fourth-order valence-electron chi connectivity index (χ4n) is 14.5. The number of amides is 2. The summed E-state index contributed by atoms with van der Waals surface area (Å²) in [5.74, 6) is -3.14. The molecule has 5 aliphatic rings. The van der Waals surface area contributed by atoms with Crippen LogP contribution in [0.3, 0.4) is 0 Å². The van der Waals surface area contributed by atoms with Gasteiger partial charge >= 0.3 is 10.4 Å². The Morgan fingerprint density at radius 1 is 0.540 bits per heavy atom. The Kier molecular flexibility index (Phi) is 29.9. The van der Waals surface area contributed by atoms with E-state index >= 15 is 0 Å². The summed E-state index contributed by atoms with van der Waals surface area (Å²) in [5, 5.41) is 54.5. The van der Waals surface area contributed by atoms with Crippen molar-refractivity contribution in [3.8, 4) is 40.2 Å². The van der Waals surface area contributed by atoms with Crippen molar-refractivity contribution in [2.45, 2.75) is 133 Å². The molecule has 14 rings (SSSR count). The van der Waals surface area contributed by atoms with Gasteiger partial charge in [-0.25, -0.2) is 13.1 Å². The number of hydrogen-bond donors (Lipinski definition) is 4. The minimum atomic E-state index is -5.30. The molecular weight excluding hydrogens is 1690 g/mol. The number of benzene rings is 6. The van der Waals surface area contributed by atoms with Crippen molar-refractivity contribution in [3.63, 3.8) is 0 Å². The van der Waals surface area contributed by atoms with E-state index in [0.29, 0.717) is 109 Å². The number of rotatable bonds is 44. The number of thiophene rings is 2. The topological polar surface area (TPSA) is 416 Å². The van der Waals surface area contributed by atoms with Crippen molar-refractivity contribution in [1.82, 2.24) is 24.8 Å². The van der Waals surface area contributed by atoms with E-state index in [1.807, 2.05) is 41.9 Å². The Morgan fingerprint density at radius 2 is 1.07 bits per heavy atom. The van der Waals surface area contributed by atoms with Crippen LogP contribution in [0, 0.1) is 6.92 Å². The number of methoxy groups -OCH3 is 2. The van der Waals surface area contributed by atoms with Crippen molar-refractivity contribution in [2.75, 3.05) is 86.0 Å². The van der Waals surface area contributed by atoms with Gasteiger partial charge in [0.2, 0.25) is 6.29 Å². The van der Waals surface area contributed by atoms with Crippen molar-refractivity contribution < 1.29 is 122 Å². The van der Waals surface area contributed by atoms with E-state index in [-0.39, 0.29) is 154 Å². The molecule has 0 spiro atoms. The molecule has 1 fully saturated rings. The molecule has 37 heteroatoms. The number of sulfone groups is 1. The standard InChI is InChI=1S/C87H93N7O26S4/c1-53-8-10-54(11-9-53)51-123(104,105)52-72(98)58-14-12-57(13-15-58)70(96)6-4-21-111-28-29-114-50-62-46-92(91-90-62)20-23-112-25-27-113-26-24-110-22-5-7-71(97)59-16-17-73(117-87-84(101)83(100)82(99)79(47-95)118-87)78(35-59)120-124(106,107)119-65-33-55(48-115-76-40-68-66(38-74(76)108-2)85(102)93-44-60-18-30-121-80(60)36-63(93)42-88-68)32-56(34-65)49-116-77-41-69-67(39-75(77)109-3)86(103)94-45-61-19-31-122-81(61)37-64(94)43-89-69/h8-19,30-35,38-43,46,63-64,79,82-84,87,95,99-101H,4-7,20-29,36-37,44-45,47-52H2,1-3H3/t63-,64?,79+,82-,83-,84+,87?/m0/s1. The minimum Gasteiger partial charge on any atom is -0.493 e. The maximum Gasteiger partial charge on any atom is 0.501 e. The van der Waals surface area contributed by atoms with Gasteiger partial charge in [-0.2, -0.15) is 0 Å². The second-order valence-corrected chi connectivity index (χ2v) is 35.1.